The third kappa shape index (κ3) is 2.15. The average Bonchev–Trinajstić information content (AvgIpc) is 2.58. The number of aliphatic hydroxyl groups excluding tert-OH is 1. The van der Waals surface area contributed by atoms with Crippen molar-refractivity contribution in [2.24, 2.45) is 0 Å². The molecule has 1 N–H and O–H groups in total. The highest BCUT2D eigenvalue weighted by Gasteiger charge is 2.17. The Kier molecular flexibility index (Phi) is 2.96. The molecule has 0 spiro atoms. The van der Waals surface area contributed by atoms with Gasteiger partial charge in [-0.15, -0.1) is 0 Å². The number of rotatable bonds is 3. The summed E-state index contributed by atoms with van der Waals surface area (Å²) in [6, 6.07) is 6.58. The first-order chi connectivity index (χ1) is 7.20. The van der Waals surface area contributed by atoms with Crippen LogP contribution in [0.3, 0.4) is 0 Å². The van der Waals surface area contributed by atoms with Crippen LogP contribution in [0, 0.1) is 0 Å². The Labute approximate surface area is 91.5 Å². The number of hydrogen-bond acceptors (Lipinski definition) is 2. The Balaban J connectivity index is 2.21. The summed E-state index contributed by atoms with van der Waals surface area (Å²) in [5.41, 5.74) is 4.07. The van der Waals surface area contributed by atoms with Crippen molar-refractivity contribution in [3.8, 4) is 0 Å². The summed E-state index contributed by atoms with van der Waals surface area (Å²) >= 11 is 0. The number of likely N-dealkylation sites (N-methyl/N-ethyl adjacent to an activating group) is 1. The average molecular weight is 205 g/mol. The van der Waals surface area contributed by atoms with E-state index in [4.69, 9.17) is 0 Å². The Bertz CT molecular complexity index is 346. The van der Waals surface area contributed by atoms with Crippen molar-refractivity contribution >= 4 is 5.69 Å². The molecule has 0 radical (unpaired) electrons. The highest BCUT2D eigenvalue weighted by atomic mass is 16.3. The first-order valence-electron chi connectivity index (χ1n) is 5.75. The highest BCUT2D eigenvalue weighted by Crippen LogP contribution is 2.28. The van der Waals surface area contributed by atoms with Crippen LogP contribution in [0.4, 0.5) is 5.69 Å². The van der Waals surface area contributed by atoms with Crippen LogP contribution in [-0.4, -0.2) is 24.3 Å². The molecule has 15 heavy (non-hydrogen) atoms. The molecule has 0 saturated heterocycles. The van der Waals surface area contributed by atoms with Crippen molar-refractivity contribution in [2.45, 2.75) is 32.8 Å². The van der Waals surface area contributed by atoms with Gasteiger partial charge in [0.15, 0.2) is 0 Å². The third-order valence-corrected chi connectivity index (χ3v) is 3.05. The molecular formula is C13H19NO. The van der Waals surface area contributed by atoms with Gasteiger partial charge in [-0.05, 0) is 43.9 Å². The van der Waals surface area contributed by atoms with Crippen LogP contribution < -0.4 is 4.90 Å². The van der Waals surface area contributed by atoms with Crippen LogP contribution in [0.25, 0.3) is 0 Å². The summed E-state index contributed by atoms with van der Waals surface area (Å²) in [4.78, 5) is 2.40. The van der Waals surface area contributed by atoms with Crippen molar-refractivity contribution in [3.63, 3.8) is 0 Å². The summed E-state index contributed by atoms with van der Waals surface area (Å²) in [7, 11) is 0. The lowest BCUT2D eigenvalue weighted by molar-refractivity contribution is 0.195. The van der Waals surface area contributed by atoms with E-state index in [1.54, 1.807) is 0 Å². The molecule has 0 bridgehead atoms. The second-order valence-electron chi connectivity index (χ2n) is 4.35. The zero-order valence-corrected chi connectivity index (χ0v) is 9.53. The molecule has 2 nitrogen and oxygen atoms in total. The fourth-order valence-corrected chi connectivity index (χ4v) is 2.32. The molecule has 0 fully saturated rings. The normalized spacial score (nSPS) is 16.6. The monoisotopic (exact) mass is 205 g/mol. The number of benzene rings is 1. The lowest BCUT2D eigenvalue weighted by atomic mass is 10.0. The maximum atomic E-state index is 9.34. The molecular weight excluding hydrogens is 186 g/mol. The minimum absolute atomic E-state index is 0.244. The lowest BCUT2D eigenvalue weighted by Gasteiger charge is -2.16. The van der Waals surface area contributed by atoms with Crippen molar-refractivity contribution in [2.75, 3.05) is 18.0 Å². The second kappa shape index (κ2) is 4.23. The summed E-state index contributed by atoms with van der Waals surface area (Å²) in [5, 5.41) is 9.34. The predicted octanol–water partition coefficient (Wildman–Crippen LogP) is 1.99. The maximum Gasteiger partial charge on any atom is 0.0552 e. The van der Waals surface area contributed by atoms with E-state index in [0.29, 0.717) is 0 Å². The van der Waals surface area contributed by atoms with Crippen LogP contribution in [0.2, 0.25) is 0 Å². The Hall–Kier alpha value is -1.02. The number of nitrogens with zero attached hydrogens (tertiary/aromatic N) is 1. The molecule has 2 heteroatoms. The number of fused-ring (bicyclic) bond motifs is 1. The summed E-state index contributed by atoms with van der Waals surface area (Å²) < 4.78 is 0. The fourth-order valence-electron chi connectivity index (χ4n) is 2.32. The van der Waals surface area contributed by atoms with Gasteiger partial charge in [0.05, 0.1) is 6.10 Å². The number of aliphatic hydroxyl groups is 1. The summed E-state index contributed by atoms with van der Waals surface area (Å²) in [6.45, 7) is 6.26. The SMILES string of the molecule is CCN1CCc2cc(CC(C)O)ccc21. The lowest BCUT2D eigenvalue weighted by Crippen LogP contribution is -2.19. The van der Waals surface area contributed by atoms with E-state index in [9.17, 15) is 5.11 Å². The van der Waals surface area contributed by atoms with Gasteiger partial charge in [-0.1, -0.05) is 12.1 Å². The Morgan fingerprint density at radius 3 is 2.93 bits per heavy atom. The van der Waals surface area contributed by atoms with Gasteiger partial charge in [-0.25, -0.2) is 0 Å². The zero-order chi connectivity index (χ0) is 10.8. The molecule has 0 aromatic heterocycles. The predicted molar refractivity (Wildman–Crippen MR) is 63.4 cm³/mol. The third-order valence-electron chi connectivity index (χ3n) is 3.05. The van der Waals surface area contributed by atoms with Crippen molar-refractivity contribution in [1.29, 1.82) is 0 Å². The minimum atomic E-state index is -0.244. The molecule has 2 rings (SSSR count). The molecule has 1 atom stereocenters. The summed E-state index contributed by atoms with van der Waals surface area (Å²) in [5.74, 6) is 0. The van der Waals surface area contributed by atoms with Gasteiger partial charge in [0.25, 0.3) is 0 Å². The maximum absolute atomic E-state index is 9.34. The minimum Gasteiger partial charge on any atom is -0.393 e. The van der Waals surface area contributed by atoms with Crippen LogP contribution in [0.15, 0.2) is 18.2 Å². The van der Waals surface area contributed by atoms with E-state index < -0.39 is 0 Å². The number of hydrogen-bond donors (Lipinski definition) is 1. The molecule has 0 saturated carbocycles. The Morgan fingerprint density at radius 1 is 1.47 bits per heavy atom. The van der Waals surface area contributed by atoms with Gasteiger partial charge in [-0.2, -0.15) is 0 Å². The molecule has 1 aliphatic rings. The van der Waals surface area contributed by atoms with Gasteiger partial charge < -0.3 is 10.0 Å². The first-order valence-corrected chi connectivity index (χ1v) is 5.75. The van der Waals surface area contributed by atoms with Crippen molar-refractivity contribution in [3.05, 3.63) is 29.3 Å². The topological polar surface area (TPSA) is 23.5 Å². The molecule has 1 aromatic carbocycles. The van der Waals surface area contributed by atoms with Crippen molar-refractivity contribution in [1.82, 2.24) is 0 Å². The van der Waals surface area contributed by atoms with Gasteiger partial charge in [0.2, 0.25) is 0 Å². The van der Waals surface area contributed by atoms with E-state index in [0.717, 1.165) is 25.9 Å². The van der Waals surface area contributed by atoms with Crippen LogP contribution in [0.1, 0.15) is 25.0 Å². The van der Waals surface area contributed by atoms with E-state index >= 15 is 0 Å². The van der Waals surface area contributed by atoms with Crippen LogP contribution >= 0.6 is 0 Å². The molecule has 1 aromatic rings. The van der Waals surface area contributed by atoms with E-state index in [1.165, 1.54) is 16.8 Å². The van der Waals surface area contributed by atoms with Crippen LogP contribution in [0.5, 0.6) is 0 Å². The molecule has 1 aliphatic heterocycles. The number of anilines is 1. The Morgan fingerprint density at radius 2 is 2.27 bits per heavy atom. The van der Waals surface area contributed by atoms with Crippen LogP contribution in [-0.2, 0) is 12.8 Å². The fraction of sp³-hybridized carbons (Fsp3) is 0.538. The van der Waals surface area contributed by atoms with Crippen molar-refractivity contribution < 1.29 is 5.11 Å². The first kappa shape index (κ1) is 10.5. The van der Waals surface area contributed by atoms with Gasteiger partial charge >= 0.3 is 0 Å². The molecule has 1 heterocycles. The quantitative estimate of drug-likeness (QED) is 0.815. The van der Waals surface area contributed by atoms with Gasteiger partial charge in [0.1, 0.15) is 0 Å². The highest BCUT2D eigenvalue weighted by molar-refractivity contribution is 5.59. The second-order valence-corrected chi connectivity index (χ2v) is 4.35. The molecule has 0 aliphatic carbocycles. The van der Waals surface area contributed by atoms with E-state index in [1.807, 2.05) is 6.92 Å². The van der Waals surface area contributed by atoms with E-state index in [2.05, 4.69) is 30.0 Å². The molecule has 0 amide bonds. The molecule has 82 valence electrons. The van der Waals surface area contributed by atoms with Gasteiger partial charge in [0, 0.05) is 18.8 Å². The smallest absolute Gasteiger partial charge is 0.0552 e. The van der Waals surface area contributed by atoms with Gasteiger partial charge in [-0.3, -0.25) is 0 Å². The molecule has 1 unspecified atom stereocenters. The largest absolute Gasteiger partial charge is 0.393 e. The standard InChI is InChI=1S/C13H19NO/c1-3-14-7-6-12-9-11(8-10(2)15)4-5-13(12)14/h4-5,9-10,15H,3,6-8H2,1-2H3. The van der Waals surface area contributed by atoms with E-state index in [-0.39, 0.29) is 6.10 Å². The zero-order valence-electron chi connectivity index (χ0n) is 9.53. The summed E-state index contributed by atoms with van der Waals surface area (Å²) in [6.07, 6.45) is 1.67.